The van der Waals surface area contributed by atoms with Gasteiger partial charge in [-0.2, -0.15) is 0 Å². The van der Waals surface area contributed by atoms with Gasteiger partial charge in [0, 0.05) is 27.6 Å². The van der Waals surface area contributed by atoms with E-state index < -0.39 is 0 Å². The second-order valence-corrected chi connectivity index (χ2v) is 17.7. The number of nitrogens with zero attached hydrogens (tertiary/aromatic N) is 1. The van der Waals surface area contributed by atoms with Crippen molar-refractivity contribution in [1.82, 2.24) is 0 Å². The summed E-state index contributed by atoms with van der Waals surface area (Å²) in [4.78, 5) is 2.54. The van der Waals surface area contributed by atoms with Crippen LogP contribution in [0.2, 0.25) is 0 Å². The molecule has 12 rings (SSSR count). The second kappa shape index (κ2) is 12.3. The number of hydrogen-bond donors (Lipinski definition) is 0. The highest BCUT2D eigenvalue weighted by Crippen LogP contribution is 2.54. The number of fused-ring (bicyclic) bond motifs is 12. The third-order valence-electron chi connectivity index (χ3n) is 13.8. The van der Waals surface area contributed by atoms with Crippen molar-refractivity contribution in [3.8, 4) is 33.4 Å². The molecule has 59 heavy (non-hydrogen) atoms. The van der Waals surface area contributed by atoms with E-state index in [4.69, 9.17) is 0 Å². The van der Waals surface area contributed by atoms with Crippen molar-refractivity contribution in [2.24, 2.45) is 0 Å². The van der Waals surface area contributed by atoms with Gasteiger partial charge in [-0.05, 0) is 130 Å². The van der Waals surface area contributed by atoms with Gasteiger partial charge in [0.2, 0.25) is 0 Å². The van der Waals surface area contributed by atoms with Gasteiger partial charge in [-0.1, -0.05) is 179 Å². The molecular formula is C58H43N. The monoisotopic (exact) mass is 753 g/mol. The molecule has 1 nitrogen and oxygen atoms in total. The van der Waals surface area contributed by atoms with E-state index in [1.807, 2.05) is 0 Å². The molecule has 0 saturated carbocycles. The lowest BCUT2D eigenvalue weighted by Gasteiger charge is -2.30. The van der Waals surface area contributed by atoms with E-state index in [1.54, 1.807) is 0 Å². The Hall–Kier alpha value is -6.96. The van der Waals surface area contributed by atoms with E-state index >= 15 is 0 Å². The van der Waals surface area contributed by atoms with Gasteiger partial charge in [0.15, 0.2) is 0 Å². The van der Waals surface area contributed by atoms with E-state index in [0.717, 1.165) is 11.4 Å². The molecule has 2 aliphatic carbocycles. The summed E-state index contributed by atoms with van der Waals surface area (Å²) in [6.45, 7) is 9.49. The zero-order chi connectivity index (χ0) is 39.6. The Bertz CT molecular complexity index is 3390. The molecule has 0 radical (unpaired) electrons. The van der Waals surface area contributed by atoms with Crippen LogP contribution in [0.15, 0.2) is 188 Å². The fraction of sp³-hybridized carbons (Fsp3) is 0.103. The summed E-state index contributed by atoms with van der Waals surface area (Å²) in [5.41, 5.74) is 16.6. The van der Waals surface area contributed by atoms with Gasteiger partial charge < -0.3 is 4.90 Å². The summed E-state index contributed by atoms with van der Waals surface area (Å²) in [5.74, 6) is 0. The molecule has 0 aromatic heterocycles. The SMILES string of the molecule is CC1(C)c2ccccc2-c2cc(N(c3ccc4c(c3)C(C)(C)c3ccccc3-4)c3cc4cc(-c5cccc6ccccc56)c5ccccc5c4c4ccccc34)ccc21. The highest BCUT2D eigenvalue weighted by molar-refractivity contribution is 6.26. The average Bonchev–Trinajstić information content (AvgIpc) is 3.65. The Morgan fingerprint density at radius 3 is 1.58 bits per heavy atom. The molecule has 0 saturated heterocycles. The number of rotatable bonds is 4. The lowest BCUT2D eigenvalue weighted by Crippen LogP contribution is -2.17. The Morgan fingerprint density at radius 1 is 0.305 bits per heavy atom. The quantitative estimate of drug-likeness (QED) is 0.162. The Morgan fingerprint density at radius 2 is 0.814 bits per heavy atom. The molecule has 2 aliphatic rings. The molecule has 0 bridgehead atoms. The van der Waals surface area contributed by atoms with E-state index in [9.17, 15) is 0 Å². The highest BCUT2D eigenvalue weighted by Gasteiger charge is 2.38. The van der Waals surface area contributed by atoms with Gasteiger partial charge in [0.1, 0.15) is 0 Å². The first-order valence-corrected chi connectivity index (χ1v) is 20.9. The summed E-state index contributed by atoms with van der Waals surface area (Å²) in [6.07, 6.45) is 0. The molecule has 0 spiro atoms. The maximum Gasteiger partial charge on any atom is 0.0546 e. The summed E-state index contributed by atoms with van der Waals surface area (Å²) < 4.78 is 0. The molecule has 0 N–H and O–H groups in total. The zero-order valence-electron chi connectivity index (χ0n) is 33.8. The maximum atomic E-state index is 2.54. The second-order valence-electron chi connectivity index (χ2n) is 17.7. The fourth-order valence-electron chi connectivity index (χ4n) is 10.9. The summed E-state index contributed by atoms with van der Waals surface area (Å²) in [7, 11) is 0. The van der Waals surface area contributed by atoms with Crippen molar-refractivity contribution < 1.29 is 0 Å². The molecule has 0 fully saturated rings. The lowest BCUT2D eigenvalue weighted by molar-refractivity contribution is 0.660. The first-order valence-electron chi connectivity index (χ1n) is 20.9. The Balaban J connectivity index is 1.17. The van der Waals surface area contributed by atoms with E-state index in [-0.39, 0.29) is 10.8 Å². The van der Waals surface area contributed by atoms with Crippen LogP contribution in [0.5, 0.6) is 0 Å². The predicted molar refractivity (Wildman–Crippen MR) is 252 cm³/mol. The van der Waals surface area contributed by atoms with Crippen LogP contribution in [0, 0.1) is 0 Å². The number of anilines is 3. The van der Waals surface area contributed by atoms with Gasteiger partial charge >= 0.3 is 0 Å². The summed E-state index contributed by atoms with van der Waals surface area (Å²) in [6, 6.07) is 70.8. The van der Waals surface area contributed by atoms with Crippen LogP contribution in [-0.2, 0) is 10.8 Å². The summed E-state index contributed by atoms with van der Waals surface area (Å²) >= 11 is 0. The van der Waals surface area contributed by atoms with Gasteiger partial charge in [-0.25, -0.2) is 0 Å². The molecular weight excluding hydrogens is 711 g/mol. The van der Waals surface area contributed by atoms with Crippen molar-refractivity contribution in [3.63, 3.8) is 0 Å². The van der Waals surface area contributed by atoms with Crippen LogP contribution in [0.1, 0.15) is 49.9 Å². The third-order valence-corrected chi connectivity index (χ3v) is 13.8. The van der Waals surface area contributed by atoms with E-state index in [1.165, 1.54) is 104 Å². The molecule has 10 aromatic rings. The van der Waals surface area contributed by atoms with Crippen LogP contribution in [0.4, 0.5) is 17.1 Å². The average molecular weight is 754 g/mol. The van der Waals surface area contributed by atoms with Crippen molar-refractivity contribution >= 4 is 60.2 Å². The normalized spacial score (nSPS) is 14.4. The molecule has 10 aromatic carbocycles. The molecule has 0 unspecified atom stereocenters. The predicted octanol–water partition coefficient (Wildman–Crippen LogP) is 16.0. The molecule has 280 valence electrons. The van der Waals surface area contributed by atoms with Gasteiger partial charge in [-0.15, -0.1) is 0 Å². The maximum absolute atomic E-state index is 2.54. The van der Waals surface area contributed by atoms with Gasteiger partial charge in [0.25, 0.3) is 0 Å². The van der Waals surface area contributed by atoms with E-state index in [0.29, 0.717) is 0 Å². The largest absolute Gasteiger partial charge is 0.310 e. The standard InChI is InChI=1S/C58H43N/c1-57(2)52-27-14-12-21-44(52)50-34-38(29-31-53(50)57)59(39-28-30-45-43-20-11-13-26-51(43)58(3,4)54(45)35-39)55-33-37-32-49(41-25-15-17-36-16-5-6-18-40(36)41)42-19-7-9-23-47(42)56(37)48-24-10-8-22-46(48)55/h5-35H,1-4H3. The smallest absolute Gasteiger partial charge is 0.0546 e. The van der Waals surface area contributed by atoms with Crippen LogP contribution >= 0.6 is 0 Å². The molecule has 0 amide bonds. The molecule has 1 heteroatoms. The van der Waals surface area contributed by atoms with Crippen molar-refractivity contribution in [3.05, 3.63) is 210 Å². The van der Waals surface area contributed by atoms with Crippen LogP contribution in [0.25, 0.3) is 76.5 Å². The third kappa shape index (κ3) is 4.79. The van der Waals surface area contributed by atoms with Crippen LogP contribution in [-0.4, -0.2) is 0 Å². The van der Waals surface area contributed by atoms with Crippen LogP contribution in [0.3, 0.4) is 0 Å². The number of hydrogen-bond acceptors (Lipinski definition) is 1. The van der Waals surface area contributed by atoms with E-state index in [2.05, 4.69) is 221 Å². The first kappa shape index (κ1) is 34.1. The first-order chi connectivity index (χ1) is 28.8. The highest BCUT2D eigenvalue weighted by atomic mass is 15.1. The van der Waals surface area contributed by atoms with Gasteiger partial charge in [0.05, 0.1) is 5.69 Å². The summed E-state index contributed by atoms with van der Waals surface area (Å²) in [5, 5.41) is 10.1. The minimum atomic E-state index is -0.133. The Kier molecular flexibility index (Phi) is 7.10. The topological polar surface area (TPSA) is 3.24 Å². The van der Waals surface area contributed by atoms with Crippen LogP contribution < -0.4 is 4.90 Å². The Labute approximate surface area is 345 Å². The number of benzene rings is 10. The zero-order valence-corrected chi connectivity index (χ0v) is 33.8. The fourth-order valence-corrected chi connectivity index (χ4v) is 10.9. The van der Waals surface area contributed by atoms with Crippen molar-refractivity contribution in [1.29, 1.82) is 0 Å². The lowest BCUT2D eigenvalue weighted by atomic mass is 9.82. The molecule has 0 aliphatic heterocycles. The van der Waals surface area contributed by atoms with Gasteiger partial charge in [-0.3, -0.25) is 0 Å². The molecule has 0 atom stereocenters. The van der Waals surface area contributed by atoms with Crippen molar-refractivity contribution in [2.75, 3.05) is 4.90 Å². The molecule has 0 heterocycles. The minimum Gasteiger partial charge on any atom is -0.310 e. The van der Waals surface area contributed by atoms with Crippen molar-refractivity contribution in [2.45, 2.75) is 38.5 Å². The minimum absolute atomic E-state index is 0.0760.